The van der Waals surface area contributed by atoms with Crippen LogP contribution in [0.2, 0.25) is 0 Å². The Morgan fingerprint density at radius 3 is 0.968 bits per heavy atom. The molecule has 3 aromatic rings. The van der Waals surface area contributed by atoms with Crippen LogP contribution >= 0.6 is 0 Å². The second kappa shape index (κ2) is 13.9. The van der Waals surface area contributed by atoms with Crippen molar-refractivity contribution in [3.8, 4) is 17.2 Å². The monoisotopic (exact) mass is 473 g/mol. The number of aromatic hydroxyl groups is 3. The summed E-state index contributed by atoms with van der Waals surface area (Å²) in [5, 5.41) is 26.7. The zero-order valence-electron chi connectivity index (χ0n) is 17.6. The molecule has 0 aliphatic carbocycles. The minimum Gasteiger partial charge on any atom is -0.503 e. The van der Waals surface area contributed by atoms with Gasteiger partial charge in [0, 0.05) is 55.3 Å². The summed E-state index contributed by atoms with van der Waals surface area (Å²) in [6.45, 7) is 7.32. The van der Waals surface area contributed by atoms with Crippen LogP contribution in [0.25, 0.3) is 0 Å². The maximum absolute atomic E-state index is 10.9. The molecule has 0 fully saturated rings. The Labute approximate surface area is 189 Å². The van der Waals surface area contributed by atoms with E-state index in [1.165, 1.54) is 31.9 Å². The molecular weight excluding hydrogens is 446 g/mol. The van der Waals surface area contributed by atoms with Crippen LogP contribution in [0.5, 0.6) is 17.2 Å². The first-order valence-electron chi connectivity index (χ1n) is 9.41. The number of nitrogens with zero attached hydrogens (tertiary/aromatic N) is 3. The molecule has 0 aromatic carbocycles. The number of pyridine rings is 3. The largest absolute Gasteiger partial charge is 0.503 e. The maximum Gasteiger partial charge on any atom is 0.292 e. The van der Waals surface area contributed by atoms with E-state index in [1.807, 2.05) is 20.8 Å². The molecule has 0 radical (unpaired) electrons. The van der Waals surface area contributed by atoms with Gasteiger partial charge in [-0.3, -0.25) is 14.4 Å². The fraction of sp³-hybridized carbons (Fsp3) is 0.286. The summed E-state index contributed by atoms with van der Waals surface area (Å²) in [7, 11) is 0. The van der Waals surface area contributed by atoms with E-state index >= 15 is 0 Å². The molecule has 31 heavy (non-hydrogen) atoms. The smallest absolute Gasteiger partial charge is 0.292 e. The average molecular weight is 473 g/mol. The van der Waals surface area contributed by atoms with Crippen molar-refractivity contribution in [2.45, 2.75) is 40.4 Å². The van der Waals surface area contributed by atoms with Gasteiger partial charge in [-0.15, -0.1) is 0 Å². The van der Waals surface area contributed by atoms with Crippen LogP contribution in [0, 0.1) is 0 Å². The van der Waals surface area contributed by atoms with E-state index in [-0.39, 0.29) is 51.0 Å². The quantitative estimate of drug-likeness (QED) is 0.498. The number of aryl methyl sites for hydroxylation is 3. The Morgan fingerprint density at radius 2 is 0.806 bits per heavy atom. The average Bonchev–Trinajstić information content (AvgIpc) is 2.75. The summed E-state index contributed by atoms with van der Waals surface area (Å²) in [6, 6.07) is 9.07. The Morgan fingerprint density at radius 1 is 0.581 bits per heavy atom. The van der Waals surface area contributed by atoms with Gasteiger partial charge in [-0.25, -0.2) is 0 Å². The maximum atomic E-state index is 10.9. The number of hydrogen-bond donors (Lipinski definition) is 3. The predicted molar refractivity (Wildman–Crippen MR) is 114 cm³/mol. The first-order valence-corrected chi connectivity index (χ1v) is 9.41. The normalized spacial score (nSPS) is 9.39. The van der Waals surface area contributed by atoms with Gasteiger partial charge in [-0.1, -0.05) is 0 Å². The topological polar surface area (TPSA) is 127 Å². The van der Waals surface area contributed by atoms with Gasteiger partial charge in [0.2, 0.25) is 0 Å². The zero-order chi connectivity index (χ0) is 22.7. The minimum absolute atomic E-state index is 0. The first kappa shape index (κ1) is 27.8. The van der Waals surface area contributed by atoms with Crippen molar-refractivity contribution in [1.29, 1.82) is 0 Å². The molecule has 10 heteroatoms. The van der Waals surface area contributed by atoms with E-state index in [9.17, 15) is 14.4 Å². The van der Waals surface area contributed by atoms with E-state index < -0.39 is 0 Å². The molecule has 0 unspecified atom stereocenters. The van der Waals surface area contributed by atoms with Gasteiger partial charge in [0.25, 0.3) is 16.7 Å². The van der Waals surface area contributed by atoms with Gasteiger partial charge in [-0.2, -0.15) is 0 Å². The van der Waals surface area contributed by atoms with Crippen molar-refractivity contribution in [1.82, 2.24) is 13.7 Å². The molecule has 0 atom stereocenters. The summed E-state index contributed by atoms with van der Waals surface area (Å²) in [4.78, 5) is 32.7. The van der Waals surface area contributed by atoms with Crippen LogP contribution < -0.4 is 16.7 Å². The molecular formula is C21H27FeN3O6. The summed E-state index contributed by atoms with van der Waals surface area (Å²) < 4.78 is 4.32. The van der Waals surface area contributed by atoms with Crippen LogP contribution in [0.3, 0.4) is 0 Å². The second-order valence-corrected chi connectivity index (χ2v) is 5.95. The molecule has 0 saturated heterocycles. The Hall–Kier alpha value is -3.23. The van der Waals surface area contributed by atoms with Crippen molar-refractivity contribution in [3.63, 3.8) is 0 Å². The molecule has 0 amide bonds. The van der Waals surface area contributed by atoms with E-state index in [0.29, 0.717) is 19.6 Å². The van der Waals surface area contributed by atoms with Crippen molar-refractivity contribution >= 4 is 0 Å². The molecule has 0 saturated carbocycles. The van der Waals surface area contributed by atoms with Gasteiger partial charge in [-0.05, 0) is 57.2 Å². The van der Waals surface area contributed by atoms with Gasteiger partial charge in [0.15, 0.2) is 17.2 Å². The third-order valence-electron chi connectivity index (χ3n) is 4.02. The summed E-state index contributed by atoms with van der Waals surface area (Å²) in [5.74, 6) is -0.571. The Bertz CT molecular complexity index is 979. The molecule has 0 bridgehead atoms. The molecule has 3 aromatic heterocycles. The molecule has 3 heterocycles. The predicted octanol–water partition coefficient (Wildman–Crippen LogP) is 1.72. The molecule has 0 aliphatic rings. The first-order chi connectivity index (χ1) is 14.3. The molecule has 0 spiro atoms. The van der Waals surface area contributed by atoms with E-state index in [4.69, 9.17) is 15.3 Å². The second-order valence-electron chi connectivity index (χ2n) is 5.95. The Kier molecular flexibility index (Phi) is 12.4. The van der Waals surface area contributed by atoms with Crippen LogP contribution in [0.1, 0.15) is 20.8 Å². The van der Waals surface area contributed by atoms with Crippen molar-refractivity contribution in [2.75, 3.05) is 0 Å². The van der Waals surface area contributed by atoms with E-state index in [1.54, 1.807) is 36.8 Å². The Balaban J connectivity index is 0.000000429. The van der Waals surface area contributed by atoms with Gasteiger partial charge in [0.05, 0.1) is 0 Å². The van der Waals surface area contributed by atoms with E-state index in [0.717, 1.165) is 0 Å². The van der Waals surface area contributed by atoms with Crippen molar-refractivity contribution < 1.29 is 32.4 Å². The minimum atomic E-state index is -0.329. The molecule has 9 nitrogen and oxygen atoms in total. The number of rotatable bonds is 3. The molecule has 3 rings (SSSR count). The summed E-state index contributed by atoms with van der Waals surface area (Å²) in [6.07, 6.45) is 4.92. The molecule has 0 aliphatic heterocycles. The van der Waals surface area contributed by atoms with Crippen molar-refractivity contribution in [2.24, 2.45) is 0 Å². The third kappa shape index (κ3) is 8.19. The summed E-state index contributed by atoms with van der Waals surface area (Å²) in [5.41, 5.74) is -0.986. The third-order valence-corrected chi connectivity index (χ3v) is 4.02. The molecule has 170 valence electrons. The number of aromatic nitrogens is 3. The van der Waals surface area contributed by atoms with E-state index in [2.05, 4.69) is 0 Å². The van der Waals surface area contributed by atoms with Gasteiger partial charge in [0.1, 0.15) is 0 Å². The fourth-order valence-electron chi connectivity index (χ4n) is 2.32. The fourth-order valence-corrected chi connectivity index (χ4v) is 2.32. The number of hydrogen-bond acceptors (Lipinski definition) is 6. The standard InChI is InChI=1S/3C7H9NO2.Fe/c3*1-2-8-5-3-4-6(9)7(8)10;/h3*3-5,9H,2H2,1H3;. The zero-order valence-corrected chi connectivity index (χ0v) is 18.7. The van der Waals surface area contributed by atoms with Gasteiger partial charge >= 0.3 is 0 Å². The summed E-state index contributed by atoms with van der Waals surface area (Å²) >= 11 is 0. The SMILES string of the molecule is CCn1cccc(O)c1=O.CCn1cccc(O)c1=O.CCn1cccc(O)c1=O.[Fe]. The van der Waals surface area contributed by atoms with Crippen LogP contribution in [-0.2, 0) is 36.7 Å². The van der Waals surface area contributed by atoms with Gasteiger partial charge < -0.3 is 29.0 Å². The van der Waals surface area contributed by atoms with Crippen LogP contribution in [0.15, 0.2) is 69.4 Å². The van der Waals surface area contributed by atoms with Crippen LogP contribution in [0.4, 0.5) is 0 Å². The van der Waals surface area contributed by atoms with Crippen molar-refractivity contribution in [3.05, 3.63) is 86.1 Å². The molecule has 3 N–H and O–H groups in total. The van der Waals surface area contributed by atoms with Crippen LogP contribution in [-0.4, -0.2) is 29.0 Å².